The van der Waals surface area contributed by atoms with Gasteiger partial charge in [-0.05, 0) is 44.2 Å². The Morgan fingerprint density at radius 3 is 2.41 bits per heavy atom. The molecule has 1 heterocycles. The Morgan fingerprint density at radius 1 is 0.966 bits per heavy atom. The van der Waals surface area contributed by atoms with Crippen LogP contribution in [0.25, 0.3) is 21.7 Å². The van der Waals surface area contributed by atoms with Gasteiger partial charge in [0.2, 0.25) is 5.78 Å². The van der Waals surface area contributed by atoms with Crippen LogP contribution in [0, 0.1) is 6.92 Å². The zero-order chi connectivity index (χ0) is 20.5. The summed E-state index contributed by atoms with van der Waals surface area (Å²) in [4.78, 5) is 25.1. The first-order chi connectivity index (χ1) is 14.0. The summed E-state index contributed by atoms with van der Waals surface area (Å²) in [5.74, 6) is 0.983. The van der Waals surface area contributed by atoms with E-state index in [-0.39, 0.29) is 5.78 Å². The lowest BCUT2D eigenvalue weighted by atomic mass is 10.0. The van der Waals surface area contributed by atoms with Crippen LogP contribution >= 0.6 is 0 Å². The van der Waals surface area contributed by atoms with Crippen molar-refractivity contribution in [2.75, 3.05) is 7.11 Å². The summed E-state index contributed by atoms with van der Waals surface area (Å²) in [5.41, 5.74) is 1.26. The van der Waals surface area contributed by atoms with E-state index in [1.807, 2.05) is 43.3 Å². The number of hydrogen-bond donors (Lipinski definition) is 0. The standard InChI is InChI=1S/C24H20O5/c1-14-21(28-15(2)22(25)16-7-5-4-6-8-16)12-11-19-18-10-9-17(27-3)13-20(18)24(26)29-23(14)19/h4-13,15H,1-3H3/t15-/m1/s1. The fourth-order valence-electron chi connectivity index (χ4n) is 3.43. The first-order valence-electron chi connectivity index (χ1n) is 9.29. The Hall–Kier alpha value is -3.60. The van der Waals surface area contributed by atoms with E-state index in [9.17, 15) is 9.59 Å². The summed E-state index contributed by atoms with van der Waals surface area (Å²) < 4.78 is 16.7. The number of benzene rings is 3. The molecule has 0 bridgehead atoms. The number of aryl methyl sites for hydroxylation is 1. The van der Waals surface area contributed by atoms with Crippen LogP contribution in [0.5, 0.6) is 11.5 Å². The van der Waals surface area contributed by atoms with Crippen molar-refractivity contribution < 1.29 is 18.7 Å². The van der Waals surface area contributed by atoms with Crippen molar-refractivity contribution in [3.05, 3.63) is 82.2 Å². The van der Waals surface area contributed by atoms with E-state index >= 15 is 0 Å². The van der Waals surface area contributed by atoms with E-state index in [1.165, 1.54) is 0 Å². The first-order valence-corrected chi connectivity index (χ1v) is 9.29. The smallest absolute Gasteiger partial charge is 0.344 e. The monoisotopic (exact) mass is 388 g/mol. The van der Waals surface area contributed by atoms with Gasteiger partial charge in [-0.2, -0.15) is 0 Å². The molecule has 0 fully saturated rings. The fourth-order valence-corrected chi connectivity index (χ4v) is 3.43. The summed E-state index contributed by atoms with van der Waals surface area (Å²) in [6.07, 6.45) is -0.676. The van der Waals surface area contributed by atoms with Gasteiger partial charge in [0.05, 0.1) is 12.5 Å². The molecule has 0 N–H and O–H groups in total. The van der Waals surface area contributed by atoms with E-state index in [0.717, 1.165) is 10.8 Å². The normalized spacial score (nSPS) is 12.1. The predicted molar refractivity (Wildman–Crippen MR) is 112 cm³/mol. The number of methoxy groups -OCH3 is 1. The molecular formula is C24H20O5. The molecule has 0 amide bonds. The number of ether oxygens (including phenoxy) is 2. The number of ketones is 1. The summed E-state index contributed by atoms with van der Waals surface area (Å²) in [5, 5.41) is 2.03. The molecule has 29 heavy (non-hydrogen) atoms. The van der Waals surface area contributed by atoms with Gasteiger partial charge in [-0.3, -0.25) is 4.79 Å². The third-order valence-corrected chi connectivity index (χ3v) is 5.02. The Kier molecular flexibility index (Phi) is 4.80. The highest BCUT2D eigenvalue weighted by Crippen LogP contribution is 2.32. The van der Waals surface area contributed by atoms with Gasteiger partial charge in [0.15, 0.2) is 6.10 Å². The van der Waals surface area contributed by atoms with Crippen LogP contribution < -0.4 is 15.1 Å². The number of carbonyl (C=O) groups is 1. The van der Waals surface area contributed by atoms with Gasteiger partial charge in [0.1, 0.15) is 17.1 Å². The molecule has 0 saturated carbocycles. The second-order valence-corrected chi connectivity index (χ2v) is 6.86. The molecule has 146 valence electrons. The van der Waals surface area contributed by atoms with Crippen LogP contribution in [0.4, 0.5) is 0 Å². The molecule has 0 aliphatic carbocycles. The quantitative estimate of drug-likeness (QED) is 0.276. The van der Waals surface area contributed by atoms with Gasteiger partial charge in [-0.1, -0.05) is 30.3 Å². The maximum atomic E-state index is 12.6. The molecule has 4 rings (SSSR count). The van der Waals surface area contributed by atoms with Crippen molar-refractivity contribution in [1.29, 1.82) is 0 Å². The van der Waals surface area contributed by atoms with E-state index in [4.69, 9.17) is 13.9 Å². The van der Waals surface area contributed by atoms with E-state index in [1.54, 1.807) is 38.3 Å². The van der Waals surface area contributed by atoms with Crippen molar-refractivity contribution in [3.63, 3.8) is 0 Å². The van der Waals surface area contributed by atoms with Crippen molar-refractivity contribution >= 4 is 27.5 Å². The molecule has 0 spiro atoms. The molecule has 5 heteroatoms. The van der Waals surface area contributed by atoms with Gasteiger partial charge in [0, 0.05) is 21.9 Å². The topological polar surface area (TPSA) is 65.7 Å². The third-order valence-electron chi connectivity index (χ3n) is 5.02. The lowest BCUT2D eigenvalue weighted by Gasteiger charge is -2.16. The number of rotatable bonds is 5. The number of fused-ring (bicyclic) bond motifs is 3. The van der Waals surface area contributed by atoms with Gasteiger partial charge >= 0.3 is 5.63 Å². The zero-order valence-corrected chi connectivity index (χ0v) is 16.4. The summed E-state index contributed by atoms with van der Waals surface area (Å²) in [7, 11) is 1.55. The Bertz CT molecular complexity index is 1270. The highest BCUT2D eigenvalue weighted by atomic mass is 16.5. The maximum absolute atomic E-state index is 12.6. The Balaban J connectivity index is 1.75. The van der Waals surface area contributed by atoms with Crippen LogP contribution in [0.2, 0.25) is 0 Å². The van der Waals surface area contributed by atoms with E-state index in [2.05, 4.69) is 0 Å². The van der Waals surface area contributed by atoms with Gasteiger partial charge in [-0.15, -0.1) is 0 Å². The van der Waals surface area contributed by atoms with Gasteiger partial charge in [0.25, 0.3) is 0 Å². The fraction of sp³-hybridized carbons (Fsp3) is 0.167. The lowest BCUT2D eigenvalue weighted by molar-refractivity contribution is 0.0817. The molecular weight excluding hydrogens is 368 g/mol. The van der Waals surface area contributed by atoms with E-state index < -0.39 is 11.7 Å². The summed E-state index contributed by atoms with van der Waals surface area (Å²) in [6.45, 7) is 3.53. The molecule has 0 aliphatic heterocycles. The Labute approximate surface area is 167 Å². The molecule has 1 aromatic heterocycles. The molecule has 3 aromatic carbocycles. The largest absolute Gasteiger partial charge is 0.497 e. The zero-order valence-electron chi connectivity index (χ0n) is 16.4. The summed E-state index contributed by atoms with van der Waals surface area (Å²) in [6, 6.07) is 18.0. The molecule has 5 nitrogen and oxygen atoms in total. The van der Waals surface area contributed by atoms with Crippen LogP contribution in [-0.4, -0.2) is 19.0 Å². The minimum Gasteiger partial charge on any atom is -0.497 e. The van der Waals surface area contributed by atoms with Crippen molar-refractivity contribution in [2.24, 2.45) is 0 Å². The second kappa shape index (κ2) is 7.43. The van der Waals surface area contributed by atoms with Crippen LogP contribution in [-0.2, 0) is 0 Å². The van der Waals surface area contributed by atoms with Crippen LogP contribution in [0.1, 0.15) is 22.8 Å². The molecule has 0 aliphatic rings. The van der Waals surface area contributed by atoms with Gasteiger partial charge in [-0.25, -0.2) is 4.79 Å². The number of Topliss-reactive ketones (excluding diaryl/α,β-unsaturated/α-hetero) is 1. The molecule has 0 radical (unpaired) electrons. The average molecular weight is 388 g/mol. The summed E-state index contributed by atoms with van der Waals surface area (Å²) >= 11 is 0. The van der Waals surface area contributed by atoms with E-state index in [0.29, 0.717) is 33.6 Å². The molecule has 4 aromatic rings. The SMILES string of the molecule is COc1ccc2c(c1)c(=O)oc1c(C)c(O[C@H](C)C(=O)c3ccccc3)ccc12. The molecule has 1 atom stereocenters. The predicted octanol–water partition coefficient (Wildman–Crippen LogP) is 4.91. The minimum atomic E-state index is -0.676. The second-order valence-electron chi connectivity index (χ2n) is 6.86. The molecule has 0 unspecified atom stereocenters. The highest BCUT2D eigenvalue weighted by Gasteiger charge is 2.19. The third kappa shape index (κ3) is 3.36. The molecule has 0 saturated heterocycles. The first kappa shape index (κ1) is 18.7. The number of carbonyl (C=O) groups excluding carboxylic acids is 1. The van der Waals surface area contributed by atoms with Crippen molar-refractivity contribution in [2.45, 2.75) is 20.0 Å². The maximum Gasteiger partial charge on any atom is 0.344 e. The van der Waals surface area contributed by atoms with Crippen molar-refractivity contribution in [3.8, 4) is 11.5 Å². The highest BCUT2D eigenvalue weighted by molar-refractivity contribution is 6.06. The average Bonchev–Trinajstić information content (AvgIpc) is 2.76. The Morgan fingerprint density at radius 2 is 1.69 bits per heavy atom. The number of hydrogen-bond acceptors (Lipinski definition) is 5. The minimum absolute atomic E-state index is 0.114. The lowest BCUT2D eigenvalue weighted by Crippen LogP contribution is -2.24. The van der Waals surface area contributed by atoms with Crippen molar-refractivity contribution in [1.82, 2.24) is 0 Å². The van der Waals surface area contributed by atoms with Crippen LogP contribution in [0.3, 0.4) is 0 Å². The van der Waals surface area contributed by atoms with Gasteiger partial charge < -0.3 is 13.9 Å². The van der Waals surface area contributed by atoms with Crippen LogP contribution in [0.15, 0.2) is 69.9 Å².